The van der Waals surface area contributed by atoms with Crippen LogP contribution in [0.5, 0.6) is 0 Å². The quantitative estimate of drug-likeness (QED) is 0.871. The van der Waals surface area contributed by atoms with Crippen molar-refractivity contribution in [3.05, 3.63) is 51.0 Å². The van der Waals surface area contributed by atoms with Gasteiger partial charge in [-0.15, -0.1) is 0 Å². The molecular weight excluding hydrogens is 345 g/mol. The number of halogens is 3. The van der Waals surface area contributed by atoms with Crippen LogP contribution in [-0.2, 0) is 7.05 Å². The zero-order valence-electron chi connectivity index (χ0n) is 11.3. The second kappa shape index (κ2) is 6.70. The van der Waals surface area contributed by atoms with E-state index in [4.69, 9.17) is 11.6 Å². The van der Waals surface area contributed by atoms with Crippen molar-refractivity contribution in [2.45, 2.75) is 19.4 Å². The van der Waals surface area contributed by atoms with Gasteiger partial charge in [0.15, 0.2) is 0 Å². The Morgan fingerprint density at radius 3 is 2.85 bits per heavy atom. The molecule has 1 atom stereocenters. The Hall–Kier alpha value is -0.910. The Balaban J connectivity index is 2.50. The maximum Gasteiger partial charge on any atom is 0.137 e. The number of aryl methyl sites for hydroxylation is 1. The van der Waals surface area contributed by atoms with Crippen molar-refractivity contribution >= 4 is 27.5 Å². The first-order chi connectivity index (χ1) is 9.56. The van der Waals surface area contributed by atoms with E-state index in [0.717, 1.165) is 24.2 Å². The fraction of sp³-hybridized carbons (Fsp3) is 0.357. The van der Waals surface area contributed by atoms with Gasteiger partial charge in [-0.1, -0.05) is 30.7 Å². The average Bonchev–Trinajstić information content (AvgIpc) is 2.75. The van der Waals surface area contributed by atoms with E-state index in [1.54, 1.807) is 16.9 Å². The van der Waals surface area contributed by atoms with Crippen LogP contribution in [-0.4, -0.2) is 16.3 Å². The number of nitrogens with one attached hydrogen (secondary N) is 1. The van der Waals surface area contributed by atoms with Gasteiger partial charge >= 0.3 is 0 Å². The van der Waals surface area contributed by atoms with Gasteiger partial charge in [-0.05, 0) is 40.5 Å². The molecule has 0 aliphatic heterocycles. The summed E-state index contributed by atoms with van der Waals surface area (Å²) in [6.07, 6.45) is 2.57. The van der Waals surface area contributed by atoms with E-state index in [1.165, 1.54) is 6.07 Å². The summed E-state index contributed by atoms with van der Waals surface area (Å²) in [6.45, 7) is 2.88. The predicted octanol–water partition coefficient (Wildman–Crippen LogP) is 4.06. The second-order valence-electron chi connectivity index (χ2n) is 4.53. The molecule has 6 heteroatoms. The first-order valence-corrected chi connectivity index (χ1v) is 7.58. The molecule has 0 saturated heterocycles. The molecule has 0 aliphatic rings. The highest BCUT2D eigenvalue weighted by Crippen LogP contribution is 2.33. The minimum absolute atomic E-state index is 0.208. The molecular formula is C14H16BrClFN3. The molecule has 0 spiro atoms. The third-order valence-electron chi connectivity index (χ3n) is 3.10. The topological polar surface area (TPSA) is 29.9 Å². The van der Waals surface area contributed by atoms with E-state index in [9.17, 15) is 4.39 Å². The Morgan fingerprint density at radius 2 is 2.25 bits per heavy atom. The van der Waals surface area contributed by atoms with Gasteiger partial charge in [-0.25, -0.2) is 4.39 Å². The van der Waals surface area contributed by atoms with Gasteiger partial charge in [-0.3, -0.25) is 4.68 Å². The molecule has 2 rings (SSSR count). The number of hydrogen-bond donors (Lipinski definition) is 1. The van der Waals surface area contributed by atoms with Gasteiger partial charge in [0, 0.05) is 7.05 Å². The zero-order chi connectivity index (χ0) is 14.7. The molecule has 20 heavy (non-hydrogen) atoms. The normalized spacial score (nSPS) is 12.7. The van der Waals surface area contributed by atoms with Crippen LogP contribution >= 0.6 is 27.5 Å². The van der Waals surface area contributed by atoms with E-state index in [-0.39, 0.29) is 11.9 Å². The summed E-state index contributed by atoms with van der Waals surface area (Å²) in [6, 6.07) is 4.79. The van der Waals surface area contributed by atoms with Gasteiger partial charge < -0.3 is 5.32 Å². The standard InChI is InChI=1S/C14H16BrClFN3/c1-3-7-18-13(14-10(16)8-19-20(14)2)9-5-4-6-11(17)12(9)15/h4-6,8,13,18H,3,7H2,1-2H3. The summed E-state index contributed by atoms with van der Waals surface area (Å²) < 4.78 is 15.9. The van der Waals surface area contributed by atoms with Crippen LogP contribution in [0.15, 0.2) is 28.9 Å². The number of aromatic nitrogens is 2. The van der Waals surface area contributed by atoms with E-state index >= 15 is 0 Å². The minimum Gasteiger partial charge on any atom is -0.305 e. The second-order valence-corrected chi connectivity index (χ2v) is 5.73. The van der Waals surface area contributed by atoms with Crippen LogP contribution in [0.4, 0.5) is 4.39 Å². The molecule has 1 N–H and O–H groups in total. The largest absolute Gasteiger partial charge is 0.305 e. The summed E-state index contributed by atoms with van der Waals surface area (Å²) >= 11 is 9.55. The van der Waals surface area contributed by atoms with E-state index < -0.39 is 0 Å². The van der Waals surface area contributed by atoms with Gasteiger partial charge in [0.2, 0.25) is 0 Å². The van der Waals surface area contributed by atoms with Crippen LogP contribution in [0.1, 0.15) is 30.6 Å². The monoisotopic (exact) mass is 359 g/mol. The smallest absolute Gasteiger partial charge is 0.137 e. The molecule has 0 fully saturated rings. The summed E-state index contributed by atoms with van der Waals surface area (Å²) in [5.74, 6) is -0.288. The van der Waals surface area contributed by atoms with Gasteiger partial charge in [0.25, 0.3) is 0 Å². The van der Waals surface area contributed by atoms with Crippen LogP contribution < -0.4 is 5.32 Å². The van der Waals surface area contributed by atoms with Crippen LogP contribution in [0.2, 0.25) is 5.02 Å². The van der Waals surface area contributed by atoms with Crippen LogP contribution in [0.3, 0.4) is 0 Å². The van der Waals surface area contributed by atoms with Gasteiger partial charge in [0.1, 0.15) is 5.82 Å². The molecule has 2 aromatic rings. The Labute approximate surface area is 131 Å². The molecule has 0 amide bonds. The highest BCUT2D eigenvalue weighted by Gasteiger charge is 2.23. The molecule has 0 aliphatic carbocycles. The van der Waals surface area contributed by atoms with E-state index in [1.807, 2.05) is 13.1 Å². The molecule has 1 aromatic carbocycles. The SMILES string of the molecule is CCCNC(c1cccc(F)c1Br)c1c(Cl)cnn1C. The van der Waals surface area contributed by atoms with Gasteiger partial charge in [-0.2, -0.15) is 5.10 Å². The van der Waals surface area contributed by atoms with Crippen molar-refractivity contribution in [3.63, 3.8) is 0 Å². The predicted molar refractivity (Wildman–Crippen MR) is 82.5 cm³/mol. The Morgan fingerprint density at radius 1 is 1.50 bits per heavy atom. The average molecular weight is 361 g/mol. The maximum absolute atomic E-state index is 13.8. The molecule has 1 aromatic heterocycles. The number of benzene rings is 1. The fourth-order valence-corrected chi connectivity index (χ4v) is 2.90. The number of hydrogen-bond acceptors (Lipinski definition) is 2. The number of nitrogens with zero attached hydrogens (tertiary/aromatic N) is 2. The highest BCUT2D eigenvalue weighted by atomic mass is 79.9. The van der Waals surface area contributed by atoms with Crippen molar-refractivity contribution in [1.82, 2.24) is 15.1 Å². The van der Waals surface area contributed by atoms with Crippen molar-refractivity contribution in [2.24, 2.45) is 7.05 Å². The first kappa shape index (κ1) is 15.5. The fourth-order valence-electron chi connectivity index (χ4n) is 2.13. The molecule has 0 radical (unpaired) electrons. The molecule has 0 bridgehead atoms. The third-order valence-corrected chi connectivity index (χ3v) is 4.23. The Kier molecular flexibility index (Phi) is 5.18. The third kappa shape index (κ3) is 3.05. The van der Waals surface area contributed by atoms with Crippen molar-refractivity contribution in [1.29, 1.82) is 0 Å². The lowest BCUT2D eigenvalue weighted by Crippen LogP contribution is -2.26. The molecule has 1 unspecified atom stereocenters. The Bertz CT molecular complexity index is 581. The van der Waals surface area contributed by atoms with Crippen LogP contribution in [0, 0.1) is 5.82 Å². The number of rotatable bonds is 5. The summed E-state index contributed by atoms with van der Waals surface area (Å²) in [5.41, 5.74) is 1.63. The van der Waals surface area contributed by atoms with Crippen molar-refractivity contribution in [2.75, 3.05) is 6.54 Å². The summed E-state index contributed by atoms with van der Waals surface area (Å²) in [7, 11) is 1.83. The highest BCUT2D eigenvalue weighted by molar-refractivity contribution is 9.10. The lowest BCUT2D eigenvalue weighted by atomic mass is 10.0. The zero-order valence-corrected chi connectivity index (χ0v) is 13.7. The summed E-state index contributed by atoms with van der Waals surface area (Å²) in [4.78, 5) is 0. The maximum atomic E-state index is 13.8. The molecule has 1 heterocycles. The van der Waals surface area contributed by atoms with Gasteiger partial charge in [0.05, 0.1) is 27.4 Å². The van der Waals surface area contributed by atoms with E-state index in [0.29, 0.717) is 9.50 Å². The summed E-state index contributed by atoms with van der Waals surface area (Å²) in [5, 5.41) is 8.12. The lowest BCUT2D eigenvalue weighted by Gasteiger charge is -2.21. The van der Waals surface area contributed by atoms with Crippen LogP contribution in [0.25, 0.3) is 0 Å². The van der Waals surface area contributed by atoms with E-state index in [2.05, 4.69) is 33.3 Å². The van der Waals surface area contributed by atoms with Crippen molar-refractivity contribution in [3.8, 4) is 0 Å². The first-order valence-electron chi connectivity index (χ1n) is 6.41. The van der Waals surface area contributed by atoms with Crippen molar-refractivity contribution < 1.29 is 4.39 Å². The minimum atomic E-state index is -0.288. The molecule has 3 nitrogen and oxygen atoms in total. The molecule has 0 saturated carbocycles. The lowest BCUT2D eigenvalue weighted by molar-refractivity contribution is 0.545. The molecule has 108 valence electrons.